The van der Waals surface area contributed by atoms with Gasteiger partial charge in [-0.05, 0) is 61.2 Å². The van der Waals surface area contributed by atoms with Gasteiger partial charge in [-0.2, -0.15) is 0 Å². The van der Waals surface area contributed by atoms with Crippen molar-refractivity contribution < 1.29 is 23.5 Å². The van der Waals surface area contributed by atoms with Gasteiger partial charge in [-0.3, -0.25) is 24.1 Å². The maximum atomic E-state index is 15.5. The second-order valence-corrected chi connectivity index (χ2v) is 12.1. The van der Waals surface area contributed by atoms with Gasteiger partial charge in [0.25, 0.3) is 11.5 Å². The van der Waals surface area contributed by atoms with E-state index < -0.39 is 35.0 Å². The summed E-state index contributed by atoms with van der Waals surface area (Å²) in [6, 6.07) is 10.2. The fourth-order valence-corrected chi connectivity index (χ4v) is 6.18. The van der Waals surface area contributed by atoms with Crippen molar-refractivity contribution >= 4 is 39.4 Å². The van der Waals surface area contributed by atoms with Crippen molar-refractivity contribution in [2.24, 2.45) is 7.05 Å². The maximum absolute atomic E-state index is 15.5. The molecular formula is C35H33FN6O6. The fourth-order valence-electron chi connectivity index (χ4n) is 6.18. The molecule has 0 unspecified atom stereocenters. The molecule has 0 radical (unpaired) electrons. The standard InChI is InChI=1S/C35H33FN6O6/c1-20-16-22(41-12-14-47-15-13-41)18-26(36)30(20)32(43)39-27(34(45)48-23-6-7-23)17-21-5-8-28(31-24(21)4-3-10-38-31)42-33(44)25-9-11-37-19-29(25)40(2)35(42)46/h3-5,8-11,16,18-19,23,27H,6-7,12-15,17H2,1-2H3,(H,39,43)/t27-/m0/s1. The zero-order chi connectivity index (χ0) is 33.5. The van der Waals surface area contributed by atoms with Gasteiger partial charge in [0.2, 0.25) is 0 Å². The lowest BCUT2D eigenvalue weighted by atomic mass is 9.99. The average Bonchev–Trinajstić information content (AvgIpc) is 3.92. The van der Waals surface area contributed by atoms with Crippen LogP contribution in [0.25, 0.3) is 27.5 Å². The maximum Gasteiger partial charge on any atom is 0.335 e. The molecule has 1 aliphatic carbocycles. The highest BCUT2D eigenvalue weighted by atomic mass is 19.1. The van der Waals surface area contributed by atoms with E-state index in [1.807, 2.05) is 4.90 Å². The summed E-state index contributed by atoms with van der Waals surface area (Å²) in [6.45, 7) is 3.96. The largest absolute Gasteiger partial charge is 0.461 e. The molecule has 246 valence electrons. The molecule has 1 atom stereocenters. The van der Waals surface area contributed by atoms with Crippen LogP contribution in [-0.2, 0) is 27.7 Å². The number of fused-ring (bicyclic) bond motifs is 2. The molecule has 1 saturated heterocycles. The van der Waals surface area contributed by atoms with E-state index in [9.17, 15) is 19.2 Å². The summed E-state index contributed by atoms with van der Waals surface area (Å²) in [5.41, 5.74) is 1.45. The molecule has 1 amide bonds. The molecule has 4 heterocycles. The van der Waals surface area contributed by atoms with Gasteiger partial charge in [0.1, 0.15) is 18.0 Å². The summed E-state index contributed by atoms with van der Waals surface area (Å²) < 4.78 is 28.9. The van der Waals surface area contributed by atoms with Gasteiger partial charge in [-0.1, -0.05) is 12.1 Å². The van der Waals surface area contributed by atoms with Gasteiger partial charge in [-0.25, -0.2) is 18.5 Å². The Balaban J connectivity index is 1.24. The van der Waals surface area contributed by atoms with Gasteiger partial charge in [0.15, 0.2) is 0 Å². The van der Waals surface area contributed by atoms with Crippen LogP contribution < -0.4 is 21.5 Å². The topological polar surface area (TPSA) is 138 Å². The first-order valence-electron chi connectivity index (χ1n) is 15.8. The second-order valence-electron chi connectivity index (χ2n) is 12.1. The zero-order valence-corrected chi connectivity index (χ0v) is 26.4. The number of benzene rings is 2. The highest BCUT2D eigenvalue weighted by Gasteiger charge is 2.32. The SMILES string of the molecule is Cc1cc(N2CCOCC2)cc(F)c1C(=O)N[C@@H](Cc1ccc(-n2c(=O)c3ccncc3n(C)c2=O)c2ncccc12)C(=O)OC1CC1. The Morgan fingerprint density at radius 2 is 1.88 bits per heavy atom. The number of anilines is 1. The normalized spacial score (nSPS) is 15.4. The van der Waals surface area contributed by atoms with Crippen molar-refractivity contribution in [2.45, 2.75) is 38.3 Å². The molecule has 2 aromatic carbocycles. The van der Waals surface area contributed by atoms with Crippen LogP contribution >= 0.6 is 0 Å². The molecular weight excluding hydrogens is 619 g/mol. The number of hydrogen-bond acceptors (Lipinski definition) is 9. The van der Waals surface area contributed by atoms with Crippen LogP contribution in [0, 0.1) is 12.7 Å². The highest BCUT2D eigenvalue weighted by Crippen LogP contribution is 2.28. The molecule has 5 aromatic rings. The third-order valence-electron chi connectivity index (χ3n) is 8.85. The van der Waals surface area contributed by atoms with Crippen LogP contribution in [0.1, 0.15) is 34.3 Å². The van der Waals surface area contributed by atoms with E-state index in [2.05, 4.69) is 15.3 Å². The van der Waals surface area contributed by atoms with Gasteiger partial charge in [-0.15, -0.1) is 0 Å². The van der Waals surface area contributed by atoms with Crippen molar-refractivity contribution in [3.05, 3.63) is 104 Å². The Hall–Kier alpha value is -5.43. The van der Waals surface area contributed by atoms with Crippen LogP contribution in [-0.4, -0.2) is 69.4 Å². The smallest absolute Gasteiger partial charge is 0.335 e. The number of esters is 1. The lowest BCUT2D eigenvalue weighted by molar-refractivity contribution is -0.147. The molecule has 2 aliphatic rings. The molecule has 0 spiro atoms. The number of amides is 1. The minimum Gasteiger partial charge on any atom is -0.461 e. The number of pyridine rings is 2. The quantitative estimate of drug-likeness (QED) is 0.251. The highest BCUT2D eigenvalue weighted by molar-refractivity contribution is 5.99. The van der Waals surface area contributed by atoms with Gasteiger partial charge in [0.05, 0.1) is 47.1 Å². The van der Waals surface area contributed by atoms with Crippen LogP contribution in [0.2, 0.25) is 0 Å². The summed E-state index contributed by atoms with van der Waals surface area (Å²) in [7, 11) is 1.56. The molecule has 2 fully saturated rings. The molecule has 0 bridgehead atoms. The summed E-state index contributed by atoms with van der Waals surface area (Å²) in [5, 5.41) is 3.61. The number of halogens is 1. The van der Waals surface area contributed by atoms with E-state index in [0.29, 0.717) is 64.9 Å². The number of carbonyl (C=O) groups is 2. The van der Waals surface area contributed by atoms with E-state index >= 15 is 4.39 Å². The Morgan fingerprint density at radius 3 is 2.62 bits per heavy atom. The average molecular weight is 653 g/mol. The number of carbonyl (C=O) groups excluding carboxylic acids is 2. The number of nitrogens with one attached hydrogen (secondary N) is 1. The molecule has 13 heteroatoms. The van der Waals surface area contributed by atoms with Crippen molar-refractivity contribution in [3.63, 3.8) is 0 Å². The Morgan fingerprint density at radius 1 is 1.08 bits per heavy atom. The molecule has 3 aromatic heterocycles. The first kappa shape index (κ1) is 31.2. The van der Waals surface area contributed by atoms with Crippen molar-refractivity contribution in [1.82, 2.24) is 24.4 Å². The van der Waals surface area contributed by atoms with Crippen molar-refractivity contribution in [1.29, 1.82) is 0 Å². The molecule has 48 heavy (non-hydrogen) atoms. The summed E-state index contributed by atoms with van der Waals surface area (Å²) >= 11 is 0. The van der Waals surface area contributed by atoms with Crippen LogP contribution in [0.5, 0.6) is 0 Å². The van der Waals surface area contributed by atoms with Gasteiger partial charge >= 0.3 is 11.7 Å². The van der Waals surface area contributed by atoms with Crippen molar-refractivity contribution in [3.8, 4) is 5.69 Å². The monoisotopic (exact) mass is 652 g/mol. The Kier molecular flexibility index (Phi) is 8.21. The minimum atomic E-state index is -1.16. The van der Waals surface area contributed by atoms with E-state index in [0.717, 1.165) is 17.4 Å². The summed E-state index contributed by atoms with van der Waals surface area (Å²) in [6.07, 6.45) is 5.72. The Labute approximate surface area is 273 Å². The number of morpholine rings is 1. The third-order valence-corrected chi connectivity index (χ3v) is 8.85. The van der Waals surface area contributed by atoms with E-state index in [1.165, 1.54) is 23.0 Å². The molecule has 1 saturated carbocycles. The predicted molar refractivity (Wildman–Crippen MR) is 176 cm³/mol. The lowest BCUT2D eigenvalue weighted by Gasteiger charge is -2.29. The Bertz CT molecular complexity index is 2180. The number of ether oxygens (including phenoxy) is 2. The predicted octanol–water partition coefficient (Wildman–Crippen LogP) is 2.96. The fraction of sp³-hybridized carbons (Fsp3) is 0.314. The van der Waals surface area contributed by atoms with Crippen LogP contribution in [0.3, 0.4) is 0 Å². The first-order chi connectivity index (χ1) is 23.2. The summed E-state index contributed by atoms with van der Waals surface area (Å²) in [4.78, 5) is 64.6. The molecule has 12 nitrogen and oxygen atoms in total. The van der Waals surface area contributed by atoms with Gasteiger partial charge in [0, 0.05) is 50.0 Å². The zero-order valence-electron chi connectivity index (χ0n) is 26.4. The van der Waals surface area contributed by atoms with E-state index in [4.69, 9.17) is 9.47 Å². The number of hydrogen-bond donors (Lipinski definition) is 1. The molecule has 7 rings (SSSR count). The van der Waals surface area contributed by atoms with Crippen LogP contribution in [0.4, 0.5) is 10.1 Å². The first-order valence-corrected chi connectivity index (χ1v) is 15.8. The number of nitrogens with zero attached hydrogens (tertiary/aromatic N) is 5. The van der Waals surface area contributed by atoms with E-state index in [1.54, 1.807) is 56.6 Å². The van der Waals surface area contributed by atoms with Gasteiger partial charge < -0.3 is 19.7 Å². The second kappa shape index (κ2) is 12.6. The number of rotatable bonds is 8. The summed E-state index contributed by atoms with van der Waals surface area (Å²) in [5.74, 6) is -2.07. The number of aromatic nitrogens is 4. The molecule has 1 N–H and O–H groups in total. The van der Waals surface area contributed by atoms with Crippen molar-refractivity contribution in [2.75, 3.05) is 31.2 Å². The third kappa shape index (κ3) is 5.81. The minimum absolute atomic E-state index is 0.0113. The van der Waals surface area contributed by atoms with Crippen LogP contribution in [0.15, 0.2) is 70.6 Å². The lowest BCUT2D eigenvalue weighted by Crippen LogP contribution is -2.44. The molecule has 1 aliphatic heterocycles. The van der Waals surface area contributed by atoms with E-state index in [-0.39, 0.29) is 23.8 Å². The number of aryl methyl sites for hydroxylation is 2.